The number of hydrogen-bond acceptors (Lipinski definition) is 6. The topological polar surface area (TPSA) is 90.3 Å². The van der Waals surface area contributed by atoms with E-state index in [1.54, 1.807) is 37.1 Å². The van der Waals surface area contributed by atoms with Crippen LogP contribution in [0.2, 0.25) is 0 Å². The molecule has 4 rings (SSSR count). The third kappa shape index (κ3) is 3.47. The fourth-order valence-electron chi connectivity index (χ4n) is 3.54. The molecule has 3 aromatic rings. The highest BCUT2D eigenvalue weighted by Gasteiger charge is 2.33. The number of carbonyl (C=O) groups is 1. The quantitative estimate of drug-likeness (QED) is 0.675. The van der Waals surface area contributed by atoms with E-state index in [-0.39, 0.29) is 5.91 Å². The van der Waals surface area contributed by atoms with Crippen LogP contribution in [0.4, 0.5) is 11.6 Å². The van der Waals surface area contributed by atoms with Crippen molar-refractivity contribution in [1.29, 1.82) is 0 Å². The van der Waals surface area contributed by atoms with Crippen molar-refractivity contribution in [1.82, 2.24) is 14.8 Å². The summed E-state index contributed by atoms with van der Waals surface area (Å²) in [7, 11) is 3.13. The van der Waals surface area contributed by atoms with Gasteiger partial charge in [0.2, 0.25) is 5.95 Å². The molecular weight excluding hydrogens is 382 g/mol. The number of carbonyl (C=O) groups excluding carboxylic acids is 1. The molecule has 1 atom stereocenters. The third-order valence-corrected chi connectivity index (χ3v) is 5.09. The van der Waals surface area contributed by atoms with Crippen molar-refractivity contribution in [3.8, 4) is 11.5 Å². The van der Waals surface area contributed by atoms with Crippen LogP contribution in [0.15, 0.2) is 60.1 Å². The number of methoxy groups -OCH3 is 2. The van der Waals surface area contributed by atoms with E-state index in [2.05, 4.69) is 20.7 Å². The number of nitrogens with one attached hydrogen (secondary N) is 2. The summed E-state index contributed by atoms with van der Waals surface area (Å²) in [5.41, 5.74) is 3.85. The molecule has 0 unspecified atom stereocenters. The second-order valence-corrected chi connectivity index (χ2v) is 7.03. The van der Waals surface area contributed by atoms with E-state index in [1.165, 1.54) is 6.33 Å². The molecule has 0 fully saturated rings. The molecule has 2 heterocycles. The lowest BCUT2D eigenvalue weighted by molar-refractivity contribution is -0.113. The van der Waals surface area contributed by atoms with E-state index in [4.69, 9.17) is 9.47 Å². The zero-order valence-corrected chi connectivity index (χ0v) is 17.3. The Bertz CT molecular complexity index is 1120. The molecule has 1 aliphatic heterocycles. The molecular formula is C22H23N5O3. The monoisotopic (exact) mass is 405 g/mol. The van der Waals surface area contributed by atoms with Gasteiger partial charge in [0.25, 0.3) is 5.91 Å². The Balaban J connectivity index is 1.75. The van der Waals surface area contributed by atoms with Crippen LogP contribution < -0.4 is 20.1 Å². The molecule has 0 saturated carbocycles. The summed E-state index contributed by atoms with van der Waals surface area (Å²) in [4.78, 5) is 17.7. The zero-order valence-electron chi connectivity index (χ0n) is 17.3. The van der Waals surface area contributed by atoms with Crippen molar-refractivity contribution >= 4 is 17.5 Å². The molecule has 2 aromatic carbocycles. The number of amides is 1. The smallest absolute Gasteiger partial charge is 0.255 e. The standard InChI is InChI=1S/C22H23N5O3/c1-13-5-7-15(8-6-13)20-19(14(2)25-22-23-12-24-27(20)22)21(28)26-17-11-16(29-3)9-10-18(17)30-4/h5-12,20H,1-4H3,(H,26,28)(H,23,24,25)/t20-/m1/s1. The first-order valence-corrected chi connectivity index (χ1v) is 9.49. The average molecular weight is 405 g/mol. The molecule has 1 amide bonds. The van der Waals surface area contributed by atoms with E-state index in [9.17, 15) is 4.79 Å². The zero-order chi connectivity index (χ0) is 21.3. The van der Waals surface area contributed by atoms with Crippen LogP contribution in [0.5, 0.6) is 11.5 Å². The summed E-state index contributed by atoms with van der Waals surface area (Å²) < 4.78 is 12.4. The number of anilines is 2. The Labute approximate surface area is 174 Å². The highest BCUT2D eigenvalue weighted by Crippen LogP contribution is 2.36. The van der Waals surface area contributed by atoms with Gasteiger partial charge in [-0.1, -0.05) is 29.8 Å². The Morgan fingerprint density at radius 1 is 1.10 bits per heavy atom. The lowest BCUT2D eigenvalue weighted by atomic mass is 9.94. The minimum absolute atomic E-state index is 0.265. The van der Waals surface area contributed by atoms with Gasteiger partial charge in [0, 0.05) is 11.8 Å². The third-order valence-electron chi connectivity index (χ3n) is 5.09. The summed E-state index contributed by atoms with van der Waals surface area (Å²) in [6.07, 6.45) is 1.47. The molecule has 0 saturated heterocycles. The van der Waals surface area contributed by atoms with Gasteiger partial charge in [-0.15, -0.1) is 0 Å². The molecule has 0 spiro atoms. The normalized spacial score (nSPS) is 15.3. The van der Waals surface area contributed by atoms with E-state index < -0.39 is 6.04 Å². The van der Waals surface area contributed by atoms with Gasteiger partial charge in [-0.2, -0.15) is 10.1 Å². The van der Waals surface area contributed by atoms with Crippen molar-refractivity contribution in [3.63, 3.8) is 0 Å². The van der Waals surface area contributed by atoms with Crippen LogP contribution in [0.3, 0.4) is 0 Å². The van der Waals surface area contributed by atoms with E-state index >= 15 is 0 Å². The molecule has 154 valence electrons. The fourth-order valence-corrected chi connectivity index (χ4v) is 3.54. The number of fused-ring (bicyclic) bond motifs is 1. The summed E-state index contributed by atoms with van der Waals surface area (Å²) in [5, 5.41) is 10.5. The van der Waals surface area contributed by atoms with Gasteiger partial charge in [-0.05, 0) is 31.5 Å². The molecule has 1 aliphatic rings. The van der Waals surface area contributed by atoms with Crippen LogP contribution in [-0.4, -0.2) is 34.9 Å². The van der Waals surface area contributed by atoms with Crippen LogP contribution >= 0.6 is 0 Å². The van der Waals surface area contributed by atoms with Crippen molar-refractivity contribution < 1.29 is 14.3 Å². The summed E-state index contributed by atoms with van der Waals surface area (Å²) in [5.74, 6) is 1.48. The number of rotatable bonds is 5. The summed E-state index contributed by atoms with van der Waals surface area (Å²) in [6.45, 7) is 3.88. The van der Waals surface area contributed by atoms with Gasteiger partial charge in [-0.25, -0.2) is 4.68 Å². The molecule has 8 heteroatoms. The molecule has 0 radical (unpaired) electrons. The summed E-state index contributed by atoms with van der Waals surface area (Å²) >= 11 is 0. The van der Waals surface area contributed by atoms with Crippen LogP contribution in [0.1, 0.15) is 24.1 Å². The molecule has 8 nitrogen and oxygen atoms in total. The first-order chi connectivity index (χ1) is 14.5. The highest BCUT2D eigenvalue weighted by molar-refractivity contribution is 6.06. The van der Waals surface area contributed by atoms with Gasteiger partial charge in [0.1, 0.15) is 23.9 Å². The van der Waals surface area contributed by atoms with E-state index in [1.807, 2.05) is 38.1 Å². The summed E-state index contributed by atoms with van der Waals surface area (Å²) in [6, 6.07) is 12.9. The predicted octanol–water partition coefficient (Wildman–Crippen LogP) is 3.53. The van der Waals surface area contributed by atoms with E-state index in [0.29, 0.717) is 34.4 Å². The van der Waals surface area contributed by atoms with Crippen molar-refractivity contribution in [2.45, 2.75) is 19.9 Å². The highest BCUT2D eigenvalue weighted by atomic mass is 16.5. The maximum absolute atomic E-state index is 13.5. The molecule has 0 aliphatic carbocycles. The predicted molar refractivity (Wildman–Crippen MR) is 114 cm³/mol. The maximum Gasteiger partial charge on any atom is 0.255 e. The lowest BCUT2D eigenvalue weighted by Gasteiger charge is -2.29. The Morgan fingerprint density at radius 3 is 2.57 bits per heavy atom. The number of hydrogen-bond donors (Lipinski definition) is 2. The maximum atomic E-state index is 13.5. The van der Waals surface area contributed by atoms with Gasteiger partial charge in [-0.3, -0.25) is 4.79 Å². The molecule has 1 aromatic heterocycles. The Morgan fingerprint density at radius 2 is 1.87 bits per heavy atom. The number of ether oxygens (including phenoxy) is 2. The van der Waals surface area contributed by atoms with Crippen molar-refractivity contribution in [2.75, 3.05) is 24.9 Å². The number of benzene rings is 2. The SMILES string of the molecule is COc1ccc(OC)c(NC(=O)C2=C(C)Nc3ncnn3[C@@H]2c2ccc(C)cc2)c1. The second kappa shape index (κ2) is 7.90. The van der Waals surface area contributed by atoms with Gasteiger partial charge in [0.05, 0.1) is 25.5 Å². The number of nitrogens with zero attached hydrogens (tertiary/aromatic N) is 3. The fraction of sp³-hybridized carbons (Fsp3) is 0.227. The van der Waals surface area contributed by atoms with Crippen molar-refractivity contribution in [3.05, 3.63) is 71.2 Å². The first kappa shape index (κ1) is 19.5. The van der Waals surface area contributed by atoms with Gasteiger partial charge < -0.3 is 20.1 Å². The molecule has 0 bridgehead atoms. The van der Waals surface area contributed by atoms with Gasteiger partial charge >= 0.3 is 0 Å². The van der Waals surface area contributed by atoms with Crippen LogP contribution in [0, 0.1) is 6.92 Å². The second-order valence-electron chi connectivity index (χ2n) is 7.03. The lowest BCUT2D eigenvalue weighted by Crippen LogP contribution is -2.31. The average Bonchev–Trinajstić information content (AvgIpc) is 3.21. The Kier molecular flexibility index (Phi) is 5.14. The number of aromatic nitrogens is 3. The molecule has 30 heavy (non-hydrogen) atoms. The van der Waals surface area contributed by atoms with Crippen molar-refractivity contribution in [2.24, 2.45) is 0 Å². The van der Waals surface area contributed by atoms with E-state index in [0.717, 1.165) is 11.1 Å². The largest absolute Gasteiger partial charge is 0.497 e. The van der Waals surface area contributed by atoms with Crippen LogP contribution in [-0.2, 0) is 4.79 Å². The number of allylic oxidation sites excluding steroid dienone is 1. The minimum atomic E-state index is -0.416. The minimum Gasteiger partial charge on any atom is -0.497 e. The Hall–Kier alpha value is -3.81. The first-order valence-electron chi connectivity index (χ1n) is 9.49. The van der Waals surface area contributed by atoms with Gasteiger partial charge in [0.15, 0.2) is 0 Å². The van der Waals surface area contributed by atoms with Crippen LogP contribution in [0.25, 0.3) is 0 Å². The number of aryl methyl sites for hydroxylation is 1. The molecule has 2 N–H and O–H groups in total.